The van der Waals surface area contributed by atoms with Crippen molar-refractivity contribution >= 4 is 53.6 Å². The summed E-state index contributed by atoms with van der Waals surface area (Å²) in [6.45, 7) is 0. The van der Waals surface area contributed by atoms with Crippen molar-refractivity contribution < 1.29 is 14.3 Å². The first-order valence-corrected chi connectivity index (χ1v) is 6.51. The standard InChI is InChI=1S/C9H9Br3O3/c1-14-9(15-2)7(12)4-5(10)3-6(11)8(9)13/h3-4,7H,1-2H3. The third kappa shape index (κ3) is 2.44. The summed E-state index contributed by atoms with van der Waals surface area (Å²) in [6, 6.07) is 0. The molecule has 3 nitrogen and oxygen atoms in total. The van der Waals surface area contributed by atoms with E-state index in [4.69, 9.17) is 9.47 Å². The highest BCUT2D eigenvalue weighted by molar-refractivity contribution is 9.12. The predicted octanol–water partition coefficient (Wildman–Crippen LogP) is 2.88. The average Bonchev–Trinajstić information content (AvgIpc) is 2.26. The zero-order chi connectivity index (χ0) is 11.6. The number of rotatable bonds is 2. The molecule has 15 heavy (non-hydrogen) atoms. The van der Waals surface area contributed by atoms with Crippen LogP contribution in [0.1, 0.15) is 0 Å². The molecule has 1 aliphatic carbocycles. The van der Waals surface area contributed by atoms with Crippen LogP contribution in [0.4, 0.5) is 0 Å². The lowest BCUT2D eigenvalue weighted by molar-refractivity contribution is -0.198. The van der Waals surface area contributed by atoms with Gasteiger partial charge in [0.05, 0.1) is 9.31 Å². The highest BCUT2D eigenvalue weighted by atomic mass is 79.9. The van der Waals surface area contributed by atoms with E-state index in [0.717, 1.165) is 4.48 Å². The molecular formula is C9H9Br3O3. The SMILES string of the molecule is COC1(OC)C(=O)C(Br)=CC(Br)=CC1Br. The Hall–Kier alpha value is 0.510. The molecule has 0 amide bonds. The quantitative estimate of drug-likeness (QED) is 0.524. The van der Waals surface area contributed by atoms with Gasteiger partial charge < -0.3 is 9.47 Å². The molecule has 1 atom stereocenters. The van der Waals surface area contributed by atoms with Crippen molar-refractivity contribution in [2.45, 2.75) is 10.6 Å². The van der Waals surface area contributed by atoms with Crippen molar-refractivity contribution in [1.29, 1.82) is 0 Å². The lowest BCUT2D eigenvalue weighted by atomic mass is 10.1. The summed E-state index contributed by atoms with van der Waals surface area (Å²) < 4.78 is 11.6. The van der Waals surface area contributed by atoms with Crippen molar-refractivity contribution in [2.24, 2.45) is 0 Å². The Balaban J connectivity index is 3.27. The van der Waals surface area contributed by atoms with Gasteiger partial charge in [-0.3, -0.25) is 4.79 Å². The molecule has 0 bridgehead atoms. The van der Waals surface area contributed by atoms with Gasteiger partial charge in [-0.1, -0.05) is 37.9 Å². The van der Waals surface area contributed by atoms with E-state index in [1.54, 1.807) is 12.2 Å². The van der Waals surface area contributed by atoms with Gasteiger partial charge in [0.2, 0.25) is 11.6 Å². The van der Waals surface area contributed by atoms with Gasteiger partial charge in [-0.15, -0.1) is 0 Å². The van der Waals surface area contributed by atoms with E-state index in [-0.39, 0.29) is 10.6 Å². The van der Waals surface area contributed by atoms with Gasteiger partial charge >= 0.3 is 0 Å². The molecule has 1 rings (SSSR count). The molecule has 0 aliphatic heterocycles. The first-order valence-electron chi connectivity index (χ1n) is 4.01. The summed E-state index contributed by atoms with van der Waals surface area (Å²) in [4.78, 5) is 11.7. The Morgan fingerprint density at radius 1 is 1.33 bits per heavy atom. The van der Waals surface area contributed by atoms with Crippen LogP contribution in [0.2, 0.25) is 0 Å². The smallest absolute Gasteiger partial charge is 0.250 e. The highest BCUT2D eigenvalue weighted by Crippen LogP contribution is 2.35. The summed E-state index contributed by atoms with van der Waals surface area (Å²) in [5.74, 6) is -1.59. The Morgan fingerprint density at radius 3 is 2.33 bits per heavy atom. The van der Waals surface area contributed by atoms with Gasteiger partial charge in [-0.05, 0) is 22.0 Å². The van der Waals surface area contributed by atoms with E-state index >= 15 is 0 Å². The van der Waals surface area contributed by atoms with Crippen LogP contribution in [-0.2, 0) is 14.3 Å². The zero-order valence-corrected chi connectivity index (χ0v) is 12.8. The van der Waals surface area contributed by atoms with Crippen molar-refractivity contribution in [3.05, 3.63) is 21.1 Å². The lowest BCUT2D eigenvalue weighted by Crippen LogP contribution is -2.49. The van der Waals surface area contributed by atoms with E-state index in [0.29, 0.717) is 4.48 Å². The largest absolute Gasteiger partial charge is 0.346 e. The maximum absolute atomic E-state index is 12.0. The fraction of sp³-hybridized carbons (Fsp3) is 0.444. The molecule has 0 aromatic carbocycles. The number of halogens is 3. The second-order valence-corrected chi connectivity index (χ2v) is 5.61. The first kappa shape index (κ1) is 13.6. The molecule has 0 heterocycles. The van der Waals surface area contributed by atoms with Gasteiger partial charge in [0, 0.05) is 18.7 Å². The predicted molar refractivity (Wildman–Crippen MR) is 68.5 cm³/mol. The monoisotopic (exact) mass is 402 g/mol. The molecular weight excluding hydrogens is 396 g/mol. The molecule has 0 aromatic rings. The Bertz CT molecular complexity index is 331. The van der Waals surface area contributed by atoms with Gasteiger partial charge in [0.1, 0.15) is 0 Å². The van der Waals surface area contributed by atoms with Crippen LogP contribution in [0.25, 0.3) is 0 Å². The highest BCUT2D eigenvalue weighted by Gasteiger charge is 2.46. The Kier molecular flexibility index (Phi) is 4.73. The molecule has 0 saturated carbocycles. The summed E-state index contributed by atoms with van der Waals surface area (Å²) in [6.07, 6.45) is 3.45. The number of ketones is 1. The van der Waals surface area contributed by atoms with Crippen LogP contribution in [0.3, 0.4) is 0 Å². The lowest BCUT2D eigenvalue weighted by Gasteiger charge is -2.31. The number of methoxy groups -OCH3 is 2. The average molecular weight is 405 g/mol. The minimum absolute atomic E-state index is 0.264. The molecule has 1 aliphatic rings. The fourth-order valence-corrected chi connectivity index (χ4v) is 3.81. The molecule has 1 unspecified atom stereocenters. The van der Waals surface area contributed by atoms with Crippen LogP contribution in [0, 0.1) is 0 Å². The van der Waals surface area contributed by atoms with Gasteiger partial charge in [0.15, 0.2) is 0 Å². The van der Waals surface area contributed by atoms with E-state index in [1.807, 2.05) is 0 Å². The number of carbonyl (C=O) groups excluding carboxylic acids is 1. The number of ether oxygens (including phenoxy) is 2. The van der Waals surface area contributed by atoms with Gasteiger partial charge in [-0.25, -0.2) is 0 Å². The number of hydrogen-bond donors (Lipinski definition) is 0. The van der Waals surface area contributed by atoms with Gasteiger partial charge in [0.25, 0.3) is 0 Å². The maximum atomic E-state index is 12.0. The molecule has 0 aromatic heterocycles. The normalized spacial score (nSPS) is 25.7. The summed E-state index contributed by atoms with van der Waals surface area (Å²) in [7, 11) is 2.87. The van der Waals surface area contributed by atoms with Crippen LogP contribution in [0.15, 0.2) is 21.1 Å². The number of alkyl halides is 1. The maximum Gasteiger partial charge on any atom is 0.250 e. The zero-order valence-electron chi connectivity index (χ0n) is 8.09. The minimum Gasteiger partial charge on any atom is -0.346 e. The number of allylic oxidation sites excluding steroid dienone is 2. The summed E-state index contributed by atoms with van der Waals surface area (Å²) in [5, 5.41) is 0. The second kappa shape index (κ2) is 5.23. The minimum atomic E-state index is -1.33. The van der Waals surface area contributed by atoms with E-state index in [9.17, 15) is 4.79 Å². The summed E-state index contributed by atoms with van der Waals surface area (Å²) >= 11 is 9.87. The third-order valence-electron chi connectivity index (χ3n) is 2.07. The number of hydrogen-bond acceptors (Lipinski definition) is 3. The molecule has 0 spiro atoms. The fourth-order valence-electron chi connectivity index (χ4n) is 1.27. The Labute approximate surface area is 113 Å². The molecule has 0 saturated heterocycles. The first-order chi connectivity index (χ1) is 6.97. The second-order valence-electron chi connectivity index (χ2n) is 2.85. The van der Waals surface area contributed by atoms with Crippen LogP contribution in [-0.4, -0.2) is 30.6 Å². The molecule has 0 fully saturated rings. The van der Waals surface area contributed by atoms with E-state index in [2.05, 4.69) is 47.8 Å². The van der Waals surface area contributed by atoms with Crippen LogP contribution in [0.5, 0.6) is 0 Å². The van der Waals surface area contributed by atoms with Crippen molar-refractivity contribution in [3.63, 3.8) is 0 Å². The van der Waals surface area contributed by atoms with Gasteiger partial charge in [-0.2, -0.15) is 0 Å². The molecule has 6 heteroatoms. The summed E-state index contributed by atoms with van der Waals surface area (Å²) in [5.41, 5.74) is 0. The van der Waals surface area contributed by atoms with Crippen molar-refractivity contribution in [2.75, 3.05) is 14.2 Å². The van der Waals surface area contributed by atoms with E-state index < -0.39 is 5.79 Å². The molecule has 84 valence electrons. The Morgan fingerprint density at radius 2 is 1.87 bits per heavy atom. The molecule has 0 radical (unpaired) electrons. The molecule has 0 N–H and O–H groups in total. The van der Waals surface area contributed by atoms with Crippen molar-refractivity contribution in [1.82, 2.24) is 0 Å². The van der Waals surface area contributed by atoms with Crippen molar-refractivity contribution in [3.8, 4) is 0 Å². The van der Waals surface area contributed by atoms with Crippen LogP contribution < -0.4 is 0 Å². The topological polar surface area (TPSA) is 35.5 Å². The third-order valence-corrected chi connectivity index (χ3v) is 4.02. The van der Waals surface area contributed by atoms with E-state index in [1.165, 1.54) is 14.2 Å². The number of carbonyl (C=O) groups is 1. The van der Waals surface area contributed by atoms with Crippen LogP contribution >= 0.6 is 47.8 Å². The number of Topliss-reactive ketones (excluding diaryl/α,β-unsaturated/α-hetero) is 1.